The maximum atomic E-state index is 12.7. The van der Waals surface area contributed by atoms with Gasteiger partial charge in [0.1, 0.15) is 0 Å². The lowest BCUT2D eigenvalue weighted by Crippen LogP contribution is -2.50. The maximum absolute atomic E-state index is 12.7. The van der Waals surface area contributed by atoms with E-state index in [1.165, 1.54) is 51.4 Å². The summed E-state index contributed by atoms with van der Waals surface area (Å²) < 4.78 is 2.25. The van der Waals surface area contributed by atoms with Gasteiger partial charge in [-0.2, -0.15) is 0 Å². The Bertz CT molecular complexity index is 538. The molecule has 3 aliphatic rings. The van der Waals surface area contributed by atoms with Crippen molar-refractivity contribution >= 4 is 17.7 Å². The Kier molecular flexibility index (Phi) is 4.16. The number of piperidine rings is 1. The van der Waals surface area contributed by atoms with Crippen molar-refractivity contribution in [3.63, 3.8) is 0 Å². The van der Waals surface area contributed by atoms with Crippen molar-refractivity contribution in [2.45, 2.75) is 68.6 Å². The summed E-state index contributed by atoms with van der Waals surface area (Å²) in [4.78, 5) is 19.3. The molecular formula is C17H25N3OS. The number of likely N-dealkylation sites (tertiary alicyclic amines) is 1. The molecule has 1 amide bonds. The van der Waals surface area contributed by atoms with Gasteiger partial charge in [0.25, 0.3) is 0 Å². The van der Waals surface area contributed by atoms with Gasteiger partial charge in [-0.25, -0.2) is 4.98 Å². The van der Waals surface area contributed by atoms with Crippen molar-refractivity contribution < 1.29 is 4.79 Å². The topological polar surface area (TPSA) is 38.1 Å². The summed E-state index contributed by atoms with van der Waals surface area (Å²) in [7, 11) is 0. The fraction of sp³-hybridized carbons (Fsp3) is 0.765. The standard InChI is InChI=1S/C17H25N3OS/c21-16(12-22-17-18-9-11-19(17)14-7-8-14)20-10-3-5-13-4-1-2-6-15(13)20/h9,11,13-15H,1-8,10,12H2/t13-,15-/m0/s1. The summed E-state index contributed by atoms with van der Waals surface area (Å²) in [5.74, 6) is 1.64. The molecular weight excluding hydrogens is 294 g/mol. The fourth-order valence-electron chi connectivity index (χ4n) is 4.19. The minimum absolute atomic E-state index is 0.326. The molecule has 2 atom stereocenters. The van der Waals surface area contributed by atoms with Crippen molar-refractivity contribution in [2.75, 3.05) is 12.3 Å². The third-order valence-corrected chi connectivity index (χ3v) is 6.43. The molecule has 4 rings (SSSR count). The van der Waals surface area contributed by atoms with Crippen LogP contribution in [0.15, 0.2) is 17.6 Å². The van der Waals surface area contributed by atoms with Crippen LogP contribution in [-0.2, 0) is 4.79 Å². The zero-order valence-corrected chi connectivity index (χ0v) is 13.9. The van der Waals surface area contributed by atoms with Gasteiger partial charge >= 0.3 is 0 Å². The lowest BCUT2D eigenvalue weighted by molar-refractivity contribution is -0.134. The summed E-state index contributed by atoms with van der Waals surface area (Å²) in [5.41, 5.74) is 0. The smallest absolute Gasteiger partial charge is 0.233 e. The second-order valence-electron chi connectivity index (χ2n) is 6.98. The van der Waals surface area contributed by atoms with Gasteiger partial charge in [0.2, 0.25) is 5.91 Å². The SMILES string of the molecule is O=C(CSc1nccn1C1CC1)N1CCC[C@@H]2CCCC[C@@H]21. The summed E-state index contributed by atoms with van der Waals surface area (Å²) >= 11 is 1.62. The van der Waals surface area contributed by atoms with Crippen LogP contribution in [-0.4, -0.2) is 38.7 Å². The van der Waals surface area contributed by atoms with Crippen LogP contribution in [0, 0.1) is 5.92 Å². The molecule has 1 aliphatic heterocycles. The van der Waals surface area contributed by atoms with Crippen molar-refractivity contribution in [3.8, 4) is 0 Å². The molecule has 2 heterocycles. The minimum Gasteiger partial charge on any atom is -0.339 e. The first kappa shape index (κ1) is 14.6. The molecule has 0 unspecified atom stereocenters. The summed E-state index contributed by atoms with van der Waals surface area (Å²) in [6.45, 7) is 0.970. The quantitative estimate of drug-likeness (QED) is 0.797. The Labute approximate surface area is 136 Å². The summed E-state index contributed by atoms with van der Waals surface area (Å²) in [6, 6.07) is 1.16. The van der Waals surface area contributed by atoms with E-state index in [4.69, 9.17) is 0 Å². The predicted octanol–water partition coefficient (Wildman–Crippen LogP) is 3.49. The Balaban J connectivity index is 1.37. The van der Waals surface area contributed by atoms with E-state index in [1.807, 2.05) is 6.20 Å². The summed E-state index contributed by atoms with van der Waals surface area (Å²) in [6.07, 6.45) is 14.2. The highest BCUT2D eigenvalue weighted by molar-refractivity contribution is 7.99. The van der Waals surface area contributed by atoms with Crippen molar-refractivity contribution in [1.29, 1.82) is 0 Å². The van der Waals surface area contributed by atoms with Crippen molar-refractivity contribution in [1.82, 2.24) is 14.5 Å². The van der Waals surface area contributed by atoms with Crippen LogP contribution in [0.3, 0.4) is 0 Å². The minimum atomic E-state index is 0.326. The molecule has 2 saturated carbocycles. The van der Waals surface area contributed by atoms with Gasteiger partial charge in [0.05, 0.1) is 5.75 Å². The van der Waals surface area contributed by atoms with Crippen molar-refractivity contribution in [3.05, 3.63) is 12.4 Å². The van der Waals surface area contributed by atoms with Crippen molar-refractivity contribution in [2.24, 2.45) is 5.92 Å². The highest BCUT2D eigenvalue weighted by atomic mass is 32.2. The normalized spacial score (nSPS) is 28.5. The molecule has 4 nitrogen and oxygen atoms in total. The molecule has 1 saturated heterocycles. The number of amides is 1. The second-order valence-corrected chi connectivity index (χ2v) is 7.92. The molecule has 0 bridgehead atoms. The number of carbonyl (C=O) groups is 1. The number of hydrogen-bond acceptors (Lipinski definition) is 3. The summed E-state index contributed by atoms with van der Waals surface area (Å²) in [5, 5.41) is 1.02. The van der Waals surface area contributed by atoms with E-state index in [2.05, 4.69) is 20.6 Å². The van der Waals surface area contributed by atoms with Crippen LogP contribution in [0.2, 0.25) is 0 Å². The van der Waals surface area contributed by atoms with E-state index in [9.17, 15) is 4.79 Å². The average molecular weight is 319 g/mol. The highest BCUT2D eigenvalue weighted by Gasteiger charge is 2.35. The molecule has 22 heavy (non-hydrogen) atoms. The van der Waals surface area contributed by atoms with E-state index in [0.717, 1.165) is 17.6 Å². The van der Waals surface area contributed by atoms with Gasteiger partial charge in [-0.1, -0.05) is 24.6 Å². The number of fused-ring (bicyclic) bond motifs is 1. The van der Waals surface area contributed by atoms with Gasteiger partial charge in [-0.15, -0.1) is 0 Å². The lowest BCUT2D eigenvalue weighted by atomic mass is 9.78. The third-order valence-electron chi connectivity index (χ3n) is 5.46. The van der Waals surface area contributed by atoms with Gasteiger partial charge in [-0.05, 0) is 44.4 Å². The molecule has 120 valence electrons. The highest BCUT2D eigenvalue weighted by Crippen LogP contribution is 2.38. The number of aromatic nitrogens is 2. The lowest BCUT2D eigenvalue weighted by Gasteiger charge is -2.44. The Morgan fingerprint density at radius 2 is 2.00 bits per heavy atom. The van der Waals surface area contributed by atoms with Crippen LogP contribution in [0.1, 0.15) is 57.4 Å². The number of carbonyl (C=O) groups excluding carboxylic acids is 1. The maximum Gasteiger partial charge on any atom is 0.233 e. The molecule has 1 aromatic rings. The van der Waals surface area contributed by atoms with Gasteiger partial charge in [0.15, 0.2) is 5.16 Å². The molecule has 1 aromatic heterocycles. The molecule has 0 N–H and O–H groups in total. The number of nitrogens with zero attached hydrogens (tertiary/aromatic N) is 3. The van der Waals surface area contributed by atoms with E-state index < -0.39 is 0 Å². The molecule has 0 spiro atoms. The van der Waals surface area contributed by atoms with Crippen LogP contribution < -0.4 is 0 Å². The second kappa shape index (κ2) is 6.26. The Morgan fingerprint density at radius 3 is 2.86 bits per heavy atom. The van der Waals surface area contributed by atoms with Crippen LogP contribution in [0.25, 0.3) is 0 Å². The first-order valence-corrected chi connectivity index (χ1v) is 9.76. The fourth-order valence-corrected chi connectivity index (χ4v) is 5.10. The predicted molar refractivity (Wildman–Crippen MR) is 87.9 cm³/mol. The number of imidazole rings is 1. The number of hydrogen-bond donors (Lipinski definition) is 0. The van der Waals surface area contributed by atoms with Crippen LogP contribution >= 0.6 is 11.8 Å². The zero-order chi connectivity index (χ0) is 14.9. The molecule has 3 fully saturated rings. The number of thioether (sulfide) groups is 1. The van der Waals surface area contributed by atoms with Gasteiger partial charge in [0, 0.05) is 31.0 Å². The Morgan fingerprint density at radius 1 is 1.18 bits per heavy atom. The molecule has 2 aliphatic carbocycles. The largest absolute Gasteiger partial charge is 0.339 e. The van der Waals surface area contributed by atoms with Gasteiger partial charge in [-0.3, -0.25) is 4.79 Å². The zero-order valence-electron chi connectivity index (χ0n) is 13.1. The molecule has 0 radical (unpaired) electrons. The molecule has 5 heteroatoms. The molecule has 0 aromatic carbocycles. The third kappa shape index (κ3) is 2.92. The van der Waals surface area contributed by atoms with Crippen LogP contribution in [0.4, 0.5) is 0 Å². The first-order chi connectivity index (χ1) is 10.8. The Hall–Kier alpha value is -0.970. The van der Waals surface area contributed by atoms with E-state index in [-0.39, 0.29) is 0 Å². The van der Waals surface area contributed by atoms with E-state index in [0.29, 0.717) is 23.7 Å². The first-order valence-electron chi connectivity index (χ1n) is 8.78. The number of rotatable bonds is 4. The van der Waals surface area contributed by atoms with Gasteiger partial charge < -0.3 is 9.47 Å². The van der Waals surface area contributed by atoms with Crippen LogP contribution in [0.5, 0.6) is 0 Å². The average Bonchev–Trinajstić information content (AvgIpc) is 3.30. The monoisotopic (exact) mass is 319 g/mol. The van der Waals surface area contributed by atoms with E-state index >= 15 is 0 Å². The van der Waals surface area contributed by atoms with E-state index in [1.54, 1.807) is 11.8 Å².